The van der Waals surface area contributed by atoms with Crippen LogP contribution >= 0.6 is 0 Å². The molecule has 1 N–H and O–H groups in total. The number of benzene rings is 1. The van der Waals surface area contributed by atoms with Crippen LogP contribution in [0.1, 0.15) is 66.7 Å². The number of alkyl carbamates (subject to hydrolysis) is 1. The zero-order chi connectivity index (χ0) is 31.1. The Labute approximate surface area is 254 Å². The van der Waals surface area contributed by atoms with Crippen LogP contribution in [0.25, 0.3) is 0 Å². The zero-order valence-electron chi connectivity index (χ0n) is 26.4. The van der Waals surface area contributed by atoms with E-state index in [1.165, 1.54) is 29.4 Å². The number of piperazine rings is 1. The number of ether oxygens (including phenoxy) is 2. The summed E-state index contributed by atoms with van der Waals surface area (Å²) in [7, 11) is 1.62. The smallest absolute Gasteiger partial charge is 0.407 e. The van der Waals surface area contributed by atoms with Crippen molar-refractivity contribution in [1.82, 2.24) is 20.2 Å². The summed E-state index contributed by atoms with van der Waals surface area (Å²) in [6.45, 7) is 13.7. The van der Waals surface area contributed by atoms with Crippen LogP contribution in [-0.4, -0.2) is 78.3 Å². The molecule has 0 bridgehead atoms. The van der Waals surface area contributed by atoms with Crippen LogP contribution < -0.4 is 19.9 Å². The normalized spacial score (nSPS) is 19.7. The van der Waals surface area contributed by atoms with Gasteiger partial charge in [0.1, 0.15) is 17.7 Å². The maximum Gasteiger partial charge on any atom is 0.407 e. The van der Waals surface area contributed by atoms with Crippen LogP contribution in [0.3, 0.4) is 0 Å². The lowest BCUT2D eigenvalue weighted by molar-refractivity contribution is -0.121. The van der Waals surface area contributed by atoms with E-state index in [0.29, 0.717) is 28.9 Å². The fourth-order valence-electron chi connectivity index (χ4n) is 5.70. The van der Waals surface area contributed by atoms with Gasteiger partial charge in [-0.3, -0.25) is 9.69 Å². The molecule has 43 heavy (non-hydrogen) atoms. The highest BCUT2D eigenvalue weighted by Gasteiger charge is 2.27. The van der Waals surface area contributed by atoms with E-state index in [1.54, 1.807) is 27.1 Å². The number of carbonyl (C=O) groups is 2. The van der Waals surface area contributed by atoms with Gasteiger partial charge in [0.15, 0.2) is 17.3 Å². The standard InChI is InChI=1S/C32H47FN6O4/c1-22(2)30(40)37(6)26-19-24(33)9-12-27(26)42-28-20-34-21-35-29(28)39-17-15-38(16-18-39)14-13-23-7-10-25(11-8-23)36-31(41)43-32(3,4)5/h9,12,19-23,25H,7-8,10-11,13-18H2,1-6H3,(H,36,41)/t23-,25-. The van der Waals surface area contributed by atoms with E-state index in [-0.39, 0.29) is 24.0 Å². The fraction of sp³-hybridized carbons (Fsp3) is 0.625. The van der Waals surface area contributed by atoms with Crippen molar-refractivity contribution >= 4 is 23.5 Å². The van der Waals surface area contributed by atoms with Crippen molar-refractivity contribution in [2.75, 3.05) is 49.6 Å². The molecule has 1 saturated heterocycles. The summed E-state index contributed by atoms with van der Waals surface area (Å²) < 4.78 is 25.8. The molecule has 0 atom stereocenters. The molecular weight excluding hydrogens is 551 g/mol. The van der Waals surface area contributed by atoms with Crippen LogP contribution in [0.5, 0.6) is 11.5 Å². The van der Waals surface area contributed by atoms with Gasteiger partial charge in [0.2, 0.25) is 5.91 Å². The van der Waals surface area contributed by atoms with Crippen molar-refractivity contribution in [2.45, 2.75) is 78.4 Å². The first kappa shape index (κ1) is 32.4. The van der Waals surface area contributed by atoms with Crippen LogP contribution in [0.4, 0.5) is 20.7 Å². The van der Waals surface area contributed by atoms with E-state index < -0.39 is 11.4 Å². The number of amides is 2. The lowest BCUT2D eigenvalue weighted by Crippen LogP contribution is -2.47. The molecule has 0 radical (unpaired) electrons. The lowest BCUT2D eigenvalue weighted by atomic mass is 9.84. The highest BCUT2D eigenvalue weighted by molar-refractivity contribution is 5.95. The van der Waals surface area contributed by atoms with Crippen LogP contribution in [0.15, 0.2) is 30.7 Å². The maximum atomic E-state index is 14.2. The van der Waals surface area contributed by atoms with Crippen molar-refractivity contribution < 1.29 is 23.5 Å². The average Bonchev–Trinajstić information content (AvgIpc) is 2.96. The lowest BCUT2D eigenvalue weighted by Gasteiger charge is -2.37. The number of nitrogens with zero attached hydrogens (tertiary/aromatic N) is 5. The Balaban J connectivity index is 1.28. The first-order valence-corrected chi connectivity index (χ1v) is 15.4. The Morgan fingerprint density at radius 2 is 1.79 bits per heavy atom. The molecule has 2 aromatic rings. The number of halogens is 1. The predicted molar refractivity (Wildman–Crippen MR) is 165 cm³/mol. The first-order valence-electron chi connectivity index (χ1n) is 15.4. The highest BCUT2D eigenvalue weighted by atomic mass is 19.1. The summed E-state index contributed by atoms with van der Waals surface area (Å²) in [5.74, 6) is 1.35. The Hall–Kier alpha value is -3.47. The van der Waals surface area contributed by atoms with Gasteiger partial charge >= 0.3 is 6.09 Å². The molecule has 1 aliphatic heterocycles. The van der Waals surface area contributed by atoms with Gasteiger partial charge in [-0.25, -0.2) is 19.2 Å². The Morgan fingerprint density at radius 3 is 2.44 bits per heavy atom. The van der Waals surface area contributed by atoms with E-state index in [4.69, 9.17) is 9.47 Å². The molecule has 2 aliphatic rings. The topological polar surface area (TPSA) is 100 Å². The van der Waals surface area contributed by atoms with Crippen LogP contribution in [0.2, 0.25) is 0 Å². The van der Waals surface area contributed by atoms with Crippen LogP contribution in [-0.2, 0) is 9.53 Å². The minimum absolute atomic E-state index is 0.137. The van der Waals surface area contributed by atoms with Gasteiger partial charge in [-0.2, -0.15) is 0 Å². The molecule has 1 aromatic heterocycles. The third-order valence-corrected chi connectivity index (χ3v) is 8.08. The van der Waals surface area contributed by atoms with Gasteiger partial charge in [-0.05, 0) is 77.5 Å². The van der Waals surface area contributed by atoms with E-state index in [0.717, 1.165) is 64.8 Å². The summed E-state index contributed by atoms with van der Waals surface area (Å²) in [5.41, 5.74) is -0.126. The number of hydrogen-bond acceptors (Lipinski definition) is 8. The molecule has 1 aromatic carbocycles. The Kier molecular flexibility index (Phi) is 10.8. The monoisotopic (exact) mass is 598 g/mol. The SMILES string of the molecule is CC(C)C(=O)N(C)c1cc(F)ccc1Oc1cncnc1N1CCN(CC[C@H]2CC[C@H](NC(=O)OC(C)(C)C)CC2)CC1. The van der Waals surface area contributed by atoms with Gasteiger partial charge in [0.05, 0.1) is 11.9 Å². The molecule has 10 nitrogen and oxygen atoms in total. The minimum atomic E-state index is -0.481. The van der Waals surface area contributed by atoms with Crippen molar-refractivity contribution in [1.29, 1.82) is 0 Å². The summed E-state index contributed by atoms with van der Waals surface area (Å²) in [4.78, 5) is 39.5. The minimum Gasteiger partial charge on any atom is -0.450 e. The number of hydrogen-bond donors (Lipinski definition) is 1. The number of nitrogens with one attached hydrogen (secondary N) is 1. The summed E-state index contributed by atoms with van der Waals surface area (Å²) in [6, 6.07) is 4.35. The summed E-state index contributed by atoms with van der Waals surface area (Å²) in [5, 5.41) is 3.03. The first-order chi connectivity index (χ1) is 20.4. The van der Waals surface area contributed by atoms with E-state index >= 15 is 0 Å². The largest absolute Gasteiger partial charge is 0.450 e. The third kappa shape index (κ3) is 9.26. The van der Waals surface area contributed by atoms with Crippen LogP contribution in [0, 0.1) is 17.7 Å². The second kappa shape index (κ2) is 14.3. The van der Waals surface area contributed by atoms with Crippen molar-refractivity contribution in [3.05, 3.63) is 36.5 Å². The van der Waals surface area contributed by atoms with Gasteiger partial charge < -0.3 is 24.6 Å². The summed E-state index contributed by atoms with van der Waals surface area (Å²) in [6.07, 6.45) is 8.16. The average molecular weight is 599 g/mol. The molecule has 2 heterocycles. The van der Waals surface area contributed by atoms with E-state index in [9.17, 15) is 14.0 Å². The van der Waals surface area contributed by atoms with E-state index in [1.807, 2.05) is 20.8 Å². The molecule has 0 spiro atoms. The Morgan fingerprint density at radius 1 is 1.09 bits per heavy atom. The molecule has 2 amide bonds. The molecular formula is C32H47FN6O4. The van der Waals surface area contributed by atoms with Crippen molar-refractivity contribution in [3.63, 3.8) is 0 Å². The third-order valence-electron chi connectivity index (χ3n) is 8.08. The van der Waals surface area contributed by atoms with Gasteiger partial charge in [-0.15, -0.1) is 0 Å². The predicted octanol–water partition coefficient (Wildman–Crippen LogP) is 5.62. The van der Waals surface area contributed by atoms with Gasteiger partial charge in [0, 0.05) is 51.3 Å². The van der Waals surface area contributed by atoms with Crippen molar-refractivity contribution in [2.24, 2.45) is 11.8 Å². The number of carbonyl (C=O) groups excluding carboxylic acids is 2. The maximum absolute atomic E-state index is 14.2. The molecule has 236 valence electrons. The second-order valence-corrected chi connectivity index (χ2v) is 13.0. The number of aromatic nitrogens is 2. The Bertz CT molecular complexity index is 1240. The molecule has 4 rings (SSSR count). The molecule has 1 saturated carbocycles. The highest BCUT2D eigenvalue weighted by Crippen LogP contribution is 2.37. The number of rotatable bonds is 9. The van der Waals surface area contributed by atoms with E-state index in [2.05, 4.69) is 25.1 Å². The molecule has 0 unspecified atom stereocenters. The zero-order valence-corrected chi connectivity index (χ0v) is 26.4. The number of anilines is 2. The molecule has 2 fully saturated rings. The second-order valence-electron chi connectivity index (χ2n) is 13.0. The van der Waals surface area contributed by atoms with Crippen molar-refractivity contribution in [3.8, 4) is 11.5 Å². The van der Waals surface area contributed by atoms with Gasteiger partial charge in [-0.1, -0.05) is 13.8 Å². The molecule has 1 aliphatic carbocycles. The fourth-order valence-corrected chi connectivity index (χ4v) is 5.70. The molecule has 11 heteroatoms. The summed E-state index contributed by atoms with van der Waals surface area (Å²) >= 11 is 0. The van der Waals surface area contributed by atoms with Gasteiger partial charge in [0.25, 0.3) is 0 Å². The quantitative estimate of drug-likeness (QED) is 0.397.